The van der Waals surface area contributed by atoms with Gasteiger partial charge in [0, 0.05) is 11.8 Å². The Balaban J connectivity index is 1.93. The number of hydrogen-bond donors (Lipinski definition) is 2. The van der Waals surface area contributed by atoms with E-state index in [4.69, 9.17) is 4.74 Å². The molecule has 3 aromatic rings. The van der Waals surface area contributed by atoms with Crippen LogP contribution in [0.5, 0.6) is 11.5 Å². The van der Waals surface area contributed by atoms with E-state index in [1.165, 1.54) is 19.4 Å². The van der Waals surface area contributed by atoms with Crippen molar-refractivity contribution in [3.05, 3.63) is 77.9 Å². The van der Waals surface area contributed by atoms with Crippen molar-refractivity contribution < 1.29 is 18.3 Å². The molecule has 0 aliphatic heterocycles. The zero-order valence-corrected chi connectivity index (χ0v) is 16.3. The van der Waals surface area contributed by atoms with Crippen molar-refractivity contribution in [2.75, 3.05) is 11.8 Å². The fourth-order valence-electron chi connectivity index (χ4n) is 2.63. The largest absolute Gasteiger partial charge is 0.507 e. The van der Waals surface area contributed by atoms with E-state index in [1.807, 2.05) is 0 Å². The molecule has 0 atom stereocenters. The van der Waals surface area contributed by atoms with Gasteiger partial charge >= 0.3 is 0 Å². The van der Waals surface area contributed by atoms with Gasteiger partial charge < -0.3 is 9.84 Å². The Morgan fingerprint density at radius 1 is 1.04 bits per heavy atom. The van der Waals surface area contributed by atoms with E-state index in [2.05, 4.69) is 9.71 Å². The number of aryl methyl sites for hydroxylation is 1. The van der Waals surface area contributed by atoms with Crippen LogP contribution in [0.15, 0.2) is 76.6 Å². The number of aromatic hydroxyl groups is 1. The quantitative estimate of drug-likeness (QED) is 0.610. The van der Waals surface area contributed by atoms with Gasteiger partial charge in [0.25, 0.3) is 10.0 Å². The average Bonchev–Trinajstić information content (AvgIpc) is 2.68. The number of anilines is 1. The first-order chi connectivity index (χ1) is 13.4. The Kier molecular flexibility index (Phi) is 5.65. The van der Waals surface area contributed by atoms with E-state index in [0.717, 1.165) is 0 Å². The molecule has 0 aromatic heterocycles. The molecule has 0 heterocycles. The summed E-state index contributed by atoms with van der Waals surface area (Å²) in [7, 11) is -2.36. The summed E-state index contributed by atoms with van der Waals surface area (Å²) in [5.74, 6) is 0.529. The highest BCUT2D eigenvalue weighted by atomic mass is 32.2. The molecular formula is C21H20N2O4S. The highest BCUT2D eigenvalue weighted by Crippen LogP contribution is 2.29. The standard InChI is InChI=1S/C21H20N2O4S/c1-15-11-12-17(22-14-16-7-3-5-9-19(16)24)13-21(15)28(25,26)23-18-8-4-6-10-20(18)27-2/h3-14,23-24H,1-2H3. The smallest absolute Gasteiger partial charge is 0.262 e. The minimum absolute atomic E-state index is 0.101. The topological polar surface area (TPSA) is 88.0 Å². The van der Waals surface area contributed by atoms with Crippen molar-refractivity contribution in [3.63, 3.8) is 0 Å². The predicted octanol–water partition coefficient (Wildman–Crippen LogP) is 4.26. The van der Waals surface area contributed by atoms with Crippen molar-refractivity contribution in [2.24, 2.45) is 4.99 Å². The molecule has 0 aliphatic carbocycles. The SMILES string of the molecule is COc1ccccc1NS(=O)(=O)c1cc(N=Cc2ccccc2O)ccc1C. The number of methoxy groups -OCH3 is 1. The summed E-state index contributed by atoms with van der Waals surface area (Å²) in [6.07, 6.45) is 1.49. The fraction of sp³-hybridized carbons (Fsp3) is 0.0952. The molecule has 144 valence electrons. The zero-order chi connectivity index (χ0) is 20.1. The number of nitrogens with one attached hydrogen (secondary N) is 1. The van der Waals surface area contributed by atoms with E-state index >= 15 is 0 Å². The number of rotatable bonds is 6. The highest BCUT2D eigenvalue weighted by Gasteiger charge is 2.19. The maximum absolute atomic E-state index is 12.9. The second-order valence-electron chi connectivity index (χ2n) is 6.07. The van der Waals surface area contributed by atoms with Crippen LogP contribution in [0.25, 0.3) is 0 Å². The molecule has 0 radical (unpaired) electrons. The number of para-hydroxylation sites is 3. The Bertz CT molecular complexity index is 1120. The molecule has 28 heavy (non-hydrogen) atoms. The Morgan fingerprint density at radius 2 is 1.75 bits per heavy atom. The predicted molar refractivity (Wildman–Crippen MR) is 110 cm³/mol. The lowest BCUT2D eigenvalue weighted by Crippen LogP contribution is -2.14. The summed E-state index contributed by atoms with van der Waals surface area (Å²) in [5.41, 5.74) is 1.94. The van der Waals surface area contributed by atoms with Gasteiger partial charge in [0.1, 0.15) is 11.5 Å². The van der Waals surface area contributed by atoms with Gasteiger partial charge in [-0.3, -0.25) is 9.71 Å². The highest BCUT2D eigenvalue weighted by molar-refractivity contribution is 7.92. The lowest BCUT2D eigenvalue weighted by molar-refractivity contribution is 0.417. The van der Waals surface area contributed by atoms with E-state index in [-0.39, 0.29) is 10.6 Å². The van der Waals surface area contributed by atoms with Gasteiger partial charge in [-0.25, -0.2) is 8.42 Å². The molecule has 0 bridgehead atoms. The minimum atomic E-state index is -3.84. The fourth-order valence-corrected chi connectivity index (χ4v) is 3.96. The first-order valence-electron chi connectivity index (χ1n) is 8.49. The zero-order valence-electron chi connectivity index (χ0n) is 15.5. The Hall–Kier alpha value is -3.32. The van der Waals surface area contributed by atoms with Gasteiger partial charge in [0.15, 0.2) is 0 Å². The minimum Gasteiger partial charge on any atom is -0.507 e. The number of phenols is 1. The summed E-state index contributed by atoms with van der Waals surface area (Å²) in [4.78, 5) is 4.41. The first kappa shape index (κ1) is 19.4. The molecule has 0 amide bonds. The van der Waals surface area contributed by atoms with Gasteiger partial charge in [-0.1, -0.05) is 30.3 Å². The molecule has 3 rings (SSSR count). The molecule has 3 aromatic carbocycles. The average molecular weight is 396 g/mol. The molecule has 6 nitrogen and oxygen atoms in total. The van der Waals surface area contributed by atoms with Crippen molar-refractivity contribution in [2.45, 2.75) is 11.8 Å². The third-order valence-corrected chi connectivity index (χ3v) is 5.61. The molecule has 0 aliphatic rings. The third-order valence-electron chi connectivity index (χ3n) is 4.10. The second-order valence-corrected chi connectivity index (χ2v) is 7.72. The molecular weight excluding hydrogens is 376 g/mol. The number of benzene rings is 3. The Labute approximate surface area is 164 Å². The van der Waals surface area contributed by atoms with Crippen LogP contribution in [0.2, 0.25) is 0 Å². The summed E-state index contributed by atoms with van der Waals surface area (Å²) in [5, 5.41) is 9.82. The van der Waals surface area contributed by atoms with Crippen LogP contribution < -0.4 is 9.46 Å². The monoisotopic (exact) mass is 396 g/mol. The van der Waals surface area contributed by atoms with Crippen LogP contribution >= 0.6 is 0 Å². The molecule has 2 N–H and O–H groups in total. The van der Waals surface area contributed by atoms with Gasteiger partial charge in [-0.2, -0.15) is 0 Å². The Morgan fingerprint density at radius 3 is 2.50 bits per heavy atom. The van der Waals surface area contributed by atoms with E-state index in [9.17, 15) is 13.5 Å². The van der Waals surface area contributed by atoms with Crippen LogP contribution in [0.3, 0.4) is 0 Å². The normalized spacial score (nSPS) is 11.5. The van der Waals surface area contributed by atoms with Crippen LogP contribution in [0.4, 0.5) is 11.4 Å². The molecule has 0 saturated heterocycles. The van der Waals surface area contributed by atoms with Crippen LogP contribution in [-0.4, -0.2) is 26.8 Å². The van der Waals surface area contributed by atoms with Gasteiger partial charge in [0.05, 0.1) is 23.4 Å². The van der Waals surface area contributed by atoms with Gasteiger partial charge in [-0.05, 0) is 48.9 Å². The summed E-state index contributed by atoms with van der Waals surface area (Å²) >= 11 is 0. The molecule has 7 heteroatoms. The number of sulfonamides is 1. The number of hydrogen-bond acceptors (Lipinski definition) is 5. The first-order valence-corrected chi connectivity index (χ1v) is 9.97. The van der Waals surface area contributed by atoms with Gasteiger partial charge in [-0.15, -0.1) is 0 Å². The van der Waals surface area contributed by atoms with E-state index in [1.54, 1.807) is 67.6 Å². The summed E-state index contributed by atoms with van der Waals surface area (Å²) < 4.78 is 33.6. The maximum atomic E-state index is 12.9. The van der Waals surface area contributed by atoms with E-state index < -0.39 is 10.0 Å². The number of phenolic OH excluding ortho intramolecular Hbond substituents is 1. The second kappa shape index (κ2) is 8.14. The van der Waals surface area contributed by atoms with Crippen molar-refractivity contribution in [3.8, 4) is 11.5 Å². The third kappa shape index (κ3) is 4.32. The van der Waals surface area contributed by atoms with Crippen LogP contribution in [0, 0.1) is 6.92 Å². The molecule has 0 fully saturated rings. The number of aliphatic imine (C=N–C) groups is 1. The van der Waals surface area contributed by atoms with Gasteiger partial charge in [0.2, 0.25) is 0 Å². The summed E-state index contributed by atoms with van der Waals surface area (Å²) in [6.45, 7) is 1.72. The molecule has 0 spiro atoms. The lowest BCUT2D eigenvalue weighted by atomic mass is 10.2. The maximum Gasteiger partial charge on any atom is 0.262 e. The van der Waals surface area contributed by atoms with Crippen LogP contribution in [0.1, 0.15) is 11.1 Å². The summed E-state index contributed by atoms with van der Waals surface area (Å²) in [6, 6.07) is 18.5. The number of ether oxygens (including phenoxy) is 1. The molecule has 0 unspecified atom stereocenters. The van der Waals surface area contributed by atoms with E-state index in [0.29, 0.717) is 28.3 Å². The van der Waals surface area contributed by atoms with Crippen LogP contribution in [-0.2, 0) is 10.0 Å². The van der Waals surface area contributed by atoms with Crippen molar-refractivity contribution in [1.29, 1.82) is 0 Å². The van der Waals surface area contributed by atoms with Crippen molar-refractivity contribution >= 4 is 27.6 Å². The van der Waals surface area contributed by atoms with Crippen molar-refractivity contribution in [1.82, 2.24) is 0 Å². The lowest BCUT2D eigenvalue weighted by Gasteiger charge is -2.13. The number of nitrogens with zero attached hydrogens (tertiary/aromatic N) is 1. The molecule has 0 saturated carbocycles.